The van der Waals surface area contributed by atoms with E-state index in [1.54, 1.807) is 0 Å². The van der Waals surface area contributed by atoms with Crippen LogP contribution < -0.4 is 5.73 Å². The van der Waals surface area contributed by atoms with Gasteiger partial charge in [-0.1, -0.05) is 28.1 Å². The molecule has 0 bridgehead atoms. The van der Waals surface area contributed by atoms with Crippen LogP contribution in [-0.4, -0.2) is 24.5 Å². The number of hydrogen-bond donors (Lipinski definition) is 1. The maximum atomic E-state index is 6.19. The minimum Gasteiger partial charge on any atom is -0.326 e. The van der Waals surface area contributed by atoms with E-state index in [-0.39, 0.29) is 6.04 Å². The van der Waals surface area contributed by atoms with E-state index in [9.17, 15) is 0 Å². The van der Waals surface area contributed by atoms with E-state index >= 15 is 0 Å². The fourth-order valence-electron chi connectivity index (χ4n) is 2.36. The molecule has 0 aliphatic carbocycles. The lowest BCUT2D eigenvalue weighted by Crippen LogP contribution is -2.43. The standard InChI is InChI=1S/C12H17BrN2/c1-15-8-2-3-11(14)12(15)9-4-6-10(13)7-5-9/h4-7,11-12H,2-3,8,14H2,1H3. The fraction of sp³-hybridized carbons (Fsp3) is 0.500. The predicted molar refractivity (Wildman–Crippen MR) is 66.7 cm³/mol. The van der Waals surface area contributed by atoms with Crippen molar-refractivity contribution in [3.63, 3.8) is 0 Å². The van der Waals surface area contributed by atoms with Crippen molar-refractivity contribution in [3.8, 4) is 0 Å². The Morgan fingerprint density at radius 2 is 2.00 bits per heavy atom. The average molecular weight is 269 g/mol. The Labute approximate surface area is 99.6 Å². The summed E-state index contributed by atoms with van der Waals surface area (Å²) in [5, 5.41) is 0. The largest absolute Gasteiger partial charge is 0.326 e. The first kappa shape index (κ1) is 11.1. The van der Waals surface area contributed by atoms with Crippen molar-refractivity contribution in [1.29, 1.82) is 0 Å². The predicted octanol–water partition coefficient (Wildman–Crippen LogP) is 2.54. The van der Waals surface area contributed by atoms with Gasteiger partial charge in [-0.05, 0) is 44.1 Å². The van der Waals surface area contributed by atoms with Crippen LogP contribution in [0.1, 0.15) is 24.4 Å². The molecule has 3 heteroatoms. The Bertz CT molecular complexity index is 313. The lowest BCUT2D eigenvalue weighted by Gasteiger charge is -2.37. The Balaban J connectivity index is 2.23. The maximum Gasteiger partial charge on any atom is 0.0496 e. The van der Waals surface area contributed by atoms with Crippen molar-refractivity contribution in [3.05, 3.63) is 34.3 Å². The first-order chi connectivity index (χ1) is 7.18. The molecule has 1 saturated heterocycles. The lowest BCUT2D eigenvalue weighted by molar-refractivity contribution is 0.163. The summed E-state index contributed by atoms with van der Waals surface area (Å²) in [6.07, 6.45) is 2.34. The van der Waals surface area contributed by atoms with Crippen molar-refractivity contribution in [2.75, 3.05) is 13.6 Å². The van der Waals surface area contributed by atoms with Gasteiger partial charge < -0.3 is 5.73 Å². The second-order valence-electron chi connectivity index (χ2n) is 4.28. The van der Waals surface area contributed by atoms with Crippen LogP contribution in [0.25, 0.3) is 0 Å². The zero-order valence-electron chi connectivity index (χ0n) is 8.99. The van der Waals surface area contributed by atoms with E-state index in [1.165, 1.54) is 12.0 Å². The molecule has 2 rings (SSSR count). The zero-order valence-corrected chi connectivity index (χ0v) is 10.6. The third kappa shape index (κ3) is 2.41. The SMILES string of the molecule is CN1CCCC(N)C1c1ccc(Br)cc1. The van der Waals surface area contributed by atoms with Gasteiger partial charge in [-0.15, -0.1) is 0 Å². The quantitative estimate of drug-likeness (QED) is 0.849. The molecule has 15 heavy (non-hydrogen) atoms. The summed E-state index contributed by atoms with van der Waals surface area (Å²) in [6.45, 7) is 1.15. The first-order valence-corrected chi connectivity index (χ1v) is 6.19. The maximum absolute atomic E-state index is 6.19. The van der Waals surface area contributed by atoms with Gasteiger partial charge in [0.1, 0.15) is 0 Å². The van der Waals surface area contributed by atoms with Crippen molar-refractivity contribution >= 4 is 15.9 Å². The molecule has 1 aromatic rings. The highest BCUT2D eigenvalue weighted by atomic mass is 79.9. The summed E-state index contributed by atoms with van der Waals surface area (Å²) < 4.78 is 1.12. The molecule has 82 valence electrons. The van der Waals surface area contributed by atoms with Gasteiger partial charge in [0.2, 0.25) is 0 Å². The number of likely N-dealkylation sites (N-methyl/N-ethyl adjacent to an activating group) is 1. The van der Waals surface area contributed by atoms with Gasteiger partial charge in [0.15, 0.2) is 0 Å². The van der Waals surface area contributed by atoms with E-state index in [1.807, 2.05) is 0 Å². The molecule has 1 fully saturated rings. The first-order valence-electron chi connectivity index (χ1n) is 5.40. The molecule has 0 radical (unpaired) electrons. The van der Waals surface area contributed by atoms with E-state index in [2.05, 4.69) is 52.1 Å². The van der Waals surface area contributed by atoms with Crippen LogP contribution in [0.4, 0.5) is 0 Å². The van der Waals surface area contributed by atoms with Crippen LogP contribution in [0.3, 0.4) is 0 Å². The number of rotatable bonds is 1. The number of halogens is 1. The topological polar surface area (TPSA) is 29.3 Å². The Hall–Kier alpha value is -0.380. The minimum absolute atomic E-state index is 0.268. The summed E-state index contributed by atoms with van der Waals surface area (Å²) in [4.78, 5) is 2.36. The van der Waals surface area contributed by atoms with Gasteiger partial charge in [-0.3, -0.25) is 4.90 Å². The van der Waals surface area contributed by atoms with Crippen molar-refractivity contribution in [2.45, 2.75) is 24.9 Å². The summed E-state index contributed by atoms with van der Waals surface area (Å²) in [6, 6.07) is 9.15. The number of nitrogens with two attached hydrogens (primary N) is 1. The van der Waals surface area contributed by atoms with Gasteiger partial charge in [0, 0.05) is 16.6 Å². The molecule has 1 aliphatic heterocycles. The Morgan fingerprint density at radius 1 is 1.33 bits per heavy atom. The average Bonchev–Trinajstić information content (AvgIpc) is 2.20. The third-order valence-corrected chi connectivity index (χ3v) is 3.67. The van der Waals surface area contributed by atoms with E-state index < -0.39 is 0 Å². The molecule has 0 aromatic heterocycles. The van der Waals surface area contributed by atoms with Crippen molar-refractivity contribution in [1.82, 2.24) is 4.90 Å². The number of benzene rings is 1. The second-order valence-corrected chi connectivity index (χ2v) is 5.20. The van der Waals surface area contributed by atoms with Gasteiger partial charge in [0.25, 0.3) is 0 Å². The summed E-state index contributed by atoms with van der Waals surface area (Å²) in [5.41, 5.74) is 7.51. The number of hydrogen-bond acceptors (Lipinski definition) is 2. The molecule has 0 amide bonds. The molecule has 1 aliphatic rings. The highest BCUT2D eigenvalue weighted by Gasteiger charge is 2.27. The molecule has 2 nitrogen and oxygen atoms in total. The second kappa shape index (κ2) is 4.64. The van der Waals surface area contributed by atoms with Crippen LogP contribution in [-0.2, 0) is 0 Å². The highest BCUT2D eigenvalue weighted by molar-refractivity contribution is 9.10. The van der Waals surface area contributed by atoms with Crippen LogP contribution in [0.5, 0.6) is 0 Å². The minimum atomic E-state index is 0.268. The van der Waals surface area contributed by atoms with Gasteiger partial charge in [-0.25, -0.2) is 0 Å². The summed E-state index contributed by atoms with van der Waals surface area (Å²) >= 11 is 3.45. The van der Waals surface area contributed by atoms with Gasteiger partial charge in [0.05, 0.1) is 0 Å². The summed E-state index contributed by atoms with van der Waals surface area (Å²) in [7, 11) is 2.16. The monoisotopic (exact) mass is 268 g/mol. The molecular weight excluding hydrogens is 252 g/mol. The van der Waals surface area contributed by atoms with E-state index in [0.717, 1.165) is 17.4 Å². The molecule has 2 unspecified atom stereocenters. The van der Waals surface area contributed by atoms with Crippen LogP contribution in [0.15, 0.2) is 28.7 Å². The number of likely N-dealkylation sites (tertiary alicyclic amines) is 1. The lowest BCUT2D eigenvalue weighted by atomic mass is 9.91. The summed E-state index contributed by atoms with van der Waals surface area (Å²) in [5.74, 6) is 0. The van der Waals surface area contributed by atoms with E-state index in [0.29, 0.717) is 6.04 Å². The van der Waals surface area contributed by atoms with Gasteiger partial charge in [-0.2, -0.15) is 0 Å². The third-order valence-electron chi connectivity index (χ3n) is 3.14. The highest BCUT2D eigenvalue weighted by Crippen LogP contribution is 2.29. The molecule has 1 heterocycles. The molecular formula is C12H17BrN2. The van der Waals surface area contributed by atoms with Crippen LogP contribution in [0.2, 0.25) is 0 Å². The van der Waals surface area contributed by atoms with E-state index in [4.69, 9.17) is 5.73 Å². The molecule has 1 aromatic carbocycles. The Morgan fingerprint density at radius 3 is 2.60 bits per heavy atom. The molecule has 2 atom stereocenters. The number of piperidine rings is 1. The van der Waals surface area contributed by atoms with Crippen LogP contribution in [0, 0.1) is 0 Å². The Kier molecular flexibility index (Phi) is 3.44. The molecule has 0 spiro atoms. The fourth-order valence-corrected chi connectivity index (χ4v) is 2.63. The zero-order chi connectivity index (χ0) is 10.8. The van der Waals surface area contributed by atoms with Crippen molar-refractivity contribution < 1.29 is 0 Å². The van der Waals surface area contributed by atoms with Crippen LogP contribution >= 0.6 is 15.9 Å². The molecule has 2 N–H and O–H groups in total. The van der Waals surface area contributed by atoms with Gasteiger partial charge >= 0.3 is 0 Å². The molecule has 0 saturated carbocycles. The van der Waals surface area contributed by atoms with Crippen molar-refractivity contribution in [2.24, 2.45) is 5.73 Å². The number of nitrogens with zero attached hydrogens (tertiary/aromatic N) is 1. The normalized spacial score (nSPS) is 27.9. The smallest absolute Gasteiger partial charge is 0.0496 e.